The van der Waals surface area contributed by atoms with Crippen LogP contribution < -0.4 is 4.90 Å². The Balaban J connectivity index is 1.04. The zero-order chi connectivity index (χ0) is 42.2. The van der Waals surface area contributed by atoms with Crippen LogP contribution in [0.1, 0.15) is 62.8 Å². The first-order valence-corrected chi connectivity index (χ1v) is 23.2. The Kier molecular flexibility index (Phi) is 7.74. The molecule has 0 radical (unpaired) electrons. The van der Waals surface area contributed by atoms with Crippen LogP contribution in [0.25, 0.3) is 81.1 Å². The summed E-state index contributed by atoms with van der Waals surface area (Å²) in [6.07, 6.45) is 8.90. The minimum Gasteiger partial charge on any atom is -0.313 e. The maximum Gasteiger partial charge on any atom is 0.0541 e. The highest BCUT2D eigenvalue weighted by molar-refractivity contribution is 7.26. The van der Waals surface area contributed by atoms with Crippen LogP contribution in [0.3, 0.4) is 0 Å². The molecule has 63 heavy (non-hydrogen) atoms. The van der Waals surface area contributed by atoms with E-state index in [2.05, 4.69) is 219 Å². The zero-order valence-electron chi connectivity index (χ0n) is 36.0. The fraction of sp³-hybridized carbons (Fsp3) is 0.133. The summed E-state index contributed by atoms with van der Waals surface area (Å²) in [7, 11) is 0. The van der Waals surface area contributed by atoms with E-state index in [-0.39, 0.29) is 10.8 Å². The van der Waals surface area contributed by atoms with Crippen molar-refractivity contribution in [1.29, 1.82) is 0 Å². The molecule has 0 unspecified atom stereocenters. The number of fused-ring (bicyclic) bond motifs is 13. The summed E-state index contributed by atoms with van der Waals surface area (Å²) in [6.45, 7) is 9.60. The molecule has 13 rings (SSSR count). The molecule has 0 spiro atoms. The van der Waals surface area contributed by atoms with Crippen molar-refractivity contribution in [3.63, 3.8) is 0 Å². The lowest BCUT2D eigenvalue weighted by Gasteiger charge is -2.28. The van der Waals surface area contributed by atoms with Crippen LogP contribution in [0.15, 0.2) is 182 Å². The standard InChI is InChI=1S/C60H46N2S/c1-59(2)50-22-11-8-17-43(50)45-31-29-41(36-52(45)59)61(39-27-25-37(26-28-39)42-20-14-21-48-46-19-10-13-24-55(46)63-58(42)48)40-30-33-53-49(35-40)56-54(62(53)38-15-6-5-7-16-38)34-32-47-44-18-9-12-23-51(44)60(3,4)57(47)56/h5-6,8-15,17-36H,7,16H2,1-4H3. The average molecular weight is 827 g/mol. The molecule has 3 aliphatic carbocycles. The maximum atomic E-state index is 2.56. The molecular formula is C60H46N2S. The highest BCUT2D eigenvalue weighted by Gasteiger charge is 2.39. The van der Waals surface area contributed by atoms with Crippen LogP contribution in [-0.2, 0) is 10.8 Å². The lowest BCUT2D eigenvalue weighted by atomic mass is 9.80. The number of thiophene rings is 1. The summed E-state index contributed by atoms with van der Waals surface area (Å²) in [5.41, 5.74) is 20.5. The molecule has 0 saturated heterocycles. The SMILES string of the molecule is CC1(C)c2ccccc2-c2ccc(N(c3ccc(-c4cccc5c4sc4ccccc45)cc3)c3ccc4c(c3)c3c5c(ccc3n4C3=CC=CCC3)-c3ccccc3C5(C)C)cc21. The Morgan fingerprint density at radius 1 is 0.508 bits per heavy atom. The Morgan fingerprint density at radius 3 is 1.95 bits per heavy atom. The van der Waals surface area contributed by atoms with Crippen LogP contribution in [0.4, 0.5) is 17.1 Å². The minimum atomic E-state index is -0.158. The fourth-order valence-electron chi connectivity index (χ4n) is 11.6. The third-order valence-electron chi connectivity index (χ3n) is 14.6. The summed E-state index contributed by atoms with van der Waals surface area (Å²) < 4.78 is 5.22. The third kappa shape index (κ3) is 5.18. The number of benzene rings is 8. The number of allylic oxidation sites excluding steroid dienone is 4. The summed E-state index contributed by atoms with van der Waals surface area (Å²) in [5.74, 6) is 0. The number of hydrogen-bond acceptors (Lipinski definition) is 2. The molecule has 0 fully saturated rings. The molecule has 8 aromatic carbocycles. The van der Waals surface area contributed by atoms with Crippen LogP contribution in [0.2, 0.25) is 0 Å². The minimum absolute atomic E-state index is 0.124. The van der Waals surface area contributed by atoms with Crippen LogP contribution in [0.5, 0.6) is 0 Å². The summed E-state index contributed by atoms with van der Waals surface area (Å²) in [5, 5.41) is 5.31. The van der Waals surface area contributed by atoms with Crippen LogP contribution in [0, 0.1) is 0 Å². The quantitative estimate of drug-likeness (QED) is 0.168. The van der Waals surface area contributed by atoms with Crippen molar-refractivity contribution < 1.29 is 0 Å². The van der Waals surface area contributed by atoms with Crippen molar-refractivity contribution in [1.82, 2.24) is 4.57 Å². The fourth-order valence-corrected chi connectivity index (χ4v) is 12.9. The van der Waals surface area contributed by atoms with Gasteiger partial charge in [0.05, 0.1) is 11.0 Å². The van der Waals surface area contributed by atoms with E-state index in [0.717, 1.165) is 29.9 Å². The second-order valence-electron chi connectivity index (χ2n) is 18.8. The van der Waals surface area contributed by atoms with Crippen molar-refractivity contribution >= 4 is 76.1 Å². The predicted molar refractivity (Wildman–Crippen MR) is 270 cm³/mol. The second kappa shape index (κ2) is 13.3. The van der Waals surface area contributed by atoms with Crippen molar-refractivity contribution in [2.24, 2.45) is 0 Å². The molecule has 2 heterocycles. The number of aromatic nitrogens is 1. The van der Waals surface area contributed by atoms with Gasteiger partial charge in [-0.3, -0.25) is 0 Å². The number of nitrogens with zero attached hydrogens (tertiary/aromatic N) is 2. The lowest BCUT2D eigenvalue weighted by molar-refractivity contribution is 0.660. The molecule has 2 aromatic heterocycles. The predicted octanol–water partition coefficient (Wildman–Crippen LogP) is 17.1. The third-order valence-corrected chi connectivity index (χ3v) is 15.9. The highest BCUT2D eigenvalue weighted by Crippen LogP contribution is 2.55. The molecule has 3 aliphatic rings. The van der Waals surface area contributed by atoms with Crippen LogP contribution in [-0.4, -0.2) is 4.57 Å². The number of anilines is 3. The van der Waals surface area contributed by atoms with Crippen LogP contribution >= 0.6 is 11.3 Å². The van der Waals surface area contributed by atoms with Gasteiger partial charge >= 0.3 is 0 Å². The highest BCUT2D eigenvalue weighted by atomic mass is 32.1. The molecule has 0 bridgehead atoms. The Morgan fingerprint density at radius 2 is 1.14 bits per heavy atom. The van der Waals surface area contributed by atoms with Gasteiger partial charge in [0.15, 0.2) is 0 Å². The van der Waals surface area contributed by atoms with Gasteiger partial charge in [-0.1, -0.05) is 149 Å². The van der Waals surface area contributed by atoms with Gasteiger partial charge in [-0.05, 0) is 129 Å². The summed E-state index contributed by atoms with van der Waals surface area (Å²) in [6, 6.07) is 62.0. The molecule has 0 aliphatic heterocycles. The monoisotopic (exact) mass is 826 g/mol. The first-order valence-electron chi connectivity index (χ1n) is 22.4. The van der Waals surface area contributed by atoms with Gasteiger partial charge in [0.2, 0.25) is 0 Å². The molecule has 3 heteroatoms. The molecule has 10 aromatic rings. The second-order valence-corrected chi connectivity index (χ2v) is 19.8. The average Bonchev–Trinajstić information content (AvgIpc) is 4.00. The Bertz CT molecular complexity index is 3620. The van der Waals surface area contributed by atoms with E-state index in [9.17, 15) is 0 Å². The van der Waals surface area contributed by atoms with Crippen molar-refractivity contribution in [3.05, 3.63) is 204 Å². The molecule has 0 saturated carbocycles. The van der Waals surface area contributed by atoms with Gasteiger partial charge in [0.25, 0.3) is 0 Å². The van der Waals surface area contributed by atoms with Crippen molar-refractivity contribution in [2.45, 2.75) is 51.4 Å². The Hall–Kier alpha value is -6.94. The van der Waals surface area contributed by atoms with E-state index in [4.69, 9.17) is 0 Å². The van der Waals surface area contributed by atoms with Gasteiger partial charge in [-0.15, -0.1) is 11.3 Å². The summed E-state index contributed by atoms with van der Waals surface area (Å²) >= 11 is 1.89. The van der Waals surface area contributed by atoms with Gasteiger partial charge in [-0.25, -0.2) is 0 Å². The van der Waals surface area contributed by atoms with Gasteiger partial charge in [0.1, 0.15) is 0 Å². The largest absolute Gasteiger partial charge is 0.313 e. The normalized spacial score (nSPS) is 15.5. The number of rotatable bonds is 5. The topological polar surface area (TPSA) is 8.17 Å². The van der Waals surface area contributed by atoms with E-state index < -0.39 is 0 Å². The van der Waals surface area contributed by atoms with Crippen molar-refractivity contribution in [2.75, 3.05) is 4.90 Å². The molecule has 0 amide bonds. The van der Waals surface area contributed by atoms with Gasteiger partial charge in [-0.2, -0.15) is 0 Å². The maximum absolute atomic E-state index is 2.56. The van der Waals surface area contributed by atoms with Gasteiger partial charge in [0, 0.05) is 64.5 Å². The first-order chi connectivity index (χ1) is 30.8. The van der Waals surface area contributed by atoms with Gasteiger partial charge < -0.3 is 9.47 Å². The van der Waals surface area contributed by atoms with E-state index in [1.807, 2.05) is 11.3 Å². The summed E-state index contributed by atoms with van der Waals surface area (Å²) in [4.78, 5) is 2.50. The molecule has 2 nitrogen and oxygen atoms in total. The molecule has 0 N–H and O–H groups in total. The lowest BCUT2D eigenvalue weighted by Crippen LogP contribution is -2.16. The zero-order valence-corrected chi connectivity index (χ0v) is 36.9. The van der Waals surface area contributed by atoms with E-state index in [0.29, 0.717) is 0 Å². The molecular weight excluding hydrogens is 781 g/mol. The van der Waals surface area contributed by atoms with E-state index in [1.54, 1.807) is 0 Å². The molecule has 302 valence electrons. The van der Waals surface area contributed by atoms with E-state index >= 15 is 0 Å². The smallest absolute Gasteiger partial charge is 0.0541 e. The Labute approximate surface area is 372 Å². The first kappa shape index (κ1) is 36.7. The van der Waals surface area contributed by atoms with E-state index in [1.165, 1.54) is 103 Å². The number of hydrogen-bond donors (Lipinski definition) is 0. The molecule has 0 atom stereocenters. The van der Waals surface area contributed by atoms with Crippen molar-refractivity contribution in [3.8, 4) is 33.4 Å².